The van der Waals surface area contributed by atoms with Crippen molar-refractivity contribution in [2.45, 2.75) is 27.4 Å². The smallest absolute Gasteiger partial charge is 0.338 e. The molecule has 0 atom stereocenters. The second kappa shape index (κ2) is 8.94. The topological polar surface area (TPSA) is 65.0 Å². The Balaban J connectivity index is 2.22. The Kier molecular flexibility index (Phi) is 6.66. The molecule has 0 aliphatic heterocycles. The number of benzene rings is 2. The molecule has 5 nitrogen and oxygen atoms in total. The van der Waals surface area contributed by atoms with Crippen LogP contribution in [0.25, 0.3) is 0 Å². The summed E-state index contributed by atoms with van der Waals surface area (Å²) >= 11 is 0. The van der Waals surface area contributed by atoms with Crippen LogP contribution in [0.15, 0.2) is 60.7 Å². The van der Waals surface area contributed by atoms with E-state index >= 15 is 0 Å². The van der Waals surface area contributed by atoms with E-state index in [0.29, 0.717) is 23.7 Å². The number of rotatable bonds is 8. The van der Waals surface area contributed by atoms with Gasteiger partial charge < -0.3 is 19.3 Å². The van der Waals surface area contributed by atoms with Crippen LogP contribution in [-0.4, -0.2) is 17.7 Å². The van der Waals surface area contributed by atoms with E-state index in [1.54, 1.807) is 12.1 Å². The molecule has 0 saturated carbocycles. The summed E-state index contributed by atoms with van der Waals surface area (Å²) in [5.74, 6) is 0.440. The summed E-state index contributed by atoms with van der Waals surface area (Å²) in [4.78, 5) is 11.8. The molecule has 0 heterocycles. The highest BCUT2D eigenvalue weighted by atomic mass is 16.5. The van der Waals surface area contributed by atoms with Crippen LogP contribution in [0.3, 0.4) is 0 Å². The lowest BCUT2D eigenvalue weighted by Crippen LogP contribution is -2.11. The predicted molar refractivity (Wildman–Crippen MR) is 104 cm³/mol. The number of hydrogen-bond donors (Lipinski definition) is 1. The number of esters is 1. The molecule has 27 heavy (non-hydrogen) atoms. The molecule has 1 N–H and O–H groups in total. The molecule has 0 saturated heterocycles. The van der Waals surface area contributed by atoms with Crippen molar-refractivity contribution in [3.05, 3.63) is 71.8 Å². The second-order valence-corrected chi connectivity index (χ2v) is 6.42. The van der Waals surface area contributed by atoms with Crippen LogP contribution in [0.1, 0.15) is 25.0 Å². The van der Waals surface area contributed by atoms with Crippen molar-refractivity contribution >= 4 is 5.97 Å². The van der Waals surface area contributed by atoms with Crippen LogP contribution in [0.4, 0.5) is 0 Å². The molecule has 0 radical (unpaired) electrons. The summed E-state index contributed by atoms with van der Waals surface area (Å²) in [7, 11) is 0. The highest BCUT2D eigenvalue weighted by molar-refractivity contribution is 5.89. The molecule has 5 heteroatoms. The van der Waals surface area contributed by atoms with Crippen LogP contribution < -0.4 is 14.2 Å². The van der Waals surface area contributed by atoms with Crippen LogP contribution in [0.2, 0.25) is 0 Å². The molecule has 0 unspecified atom stereocenters. The third kappa shape index (κ3) is 5.64. The molecule has 0 aliphatic carbocycles. The molecular weight excluding hydrogens is 344 g/mol. The lowest BCUT2D eigenvalue weighted by molar-refractivity contribution is -0.130. The lowest BCUT2D eigenvalue weighted by Gasteiger charge is -2.15. The third-order valence-electron chi connectivity index (χ3n) is 3.58. The zero-order chi connectivity index (χ0) is 20.0. The molecule has 0 fully saturated rings. The highest BCUT2D eigenvalue weighted by Crippen LogP contribution is 2.34. The largest absolute Gasteiger partial charge is 0.504 e. The van der Waals surface area contributed by atoms with Crippen LogP contribution in [0.5, 0.6) is 23.0 Å². The van der Waals surface area contributed by atoms with Gasteiger partial charge in [-0.3, -0.25) is 0 Å². The fraction of sp³-hybridized carbons (Fsp3) is 0.227. The minimum atomic E-state index is -0.612. The summed E-state index contributed by atoms with van der Waals surface area (Å²) < 4.78 is 16.9. The molecule has 0 bridgehead atoms. The van der Waals surface area contributed by atoms with Crippen LogP contribution in [-0.2, 0) is 11.4 Å². The number of para-hydroxylation sites is 1. The number of aryl methyl sites for hydroxylation is 1. The number of hydrogen-bond acceptors (Lipinski definition) is 5. The fourth-order valence-corrected chi connectivity index (χ4v) is 2.19. The average Bonchev–Trinajstić information content (AvgIpc) is 2.61. The SMILES string of the molecule is C=C(C)COc1cc(C)ccc1OCc1cccc(O)c1OC(=O)C(=C)C. The summed E-state index contributed by atoms with van der Waals surface area (Å²) in [6, 6.07) is 10.4. The van der Waals surface area contributed by atoms with Crippen LogP contribution >= 0.6 is 0 Å². The maximum atomic E-state index is 11.8. The molecule has 0 spiro atoms. The van der Waals surface area contributed by atoms with E-state index in [9.17, 15) is 9.90 Å². The van der Waals surface area contributed by atoms with Gasteiger partial charge in [0, 0.05) is 11.1 Å². The standard InChI is InChI=1S/C22H24O5/c1-14(2)12-25-20-11-16(5)9-10-19(20)26-13-17-7-6-8-18(23)21(17)27-22(24)15(3)4/h6-11,23H,1,3,12-13H2,2,4-5H3. The predicted octanol–water partition coefficient (Wildman–Crippen LogP) is 4.72. The van der Waals surface area contributed by atoms with Crippen molar-refractivity contribution in [2.24, 2.45) is 0 Å². The van der Waals surface area contributed by atoms with Crippen molar-refractivity contribution in [2.75, 3.05) is 6.61 Å². The molecular formula is C22H24O5. The van der Waals surface area contributed by atoms with Crippen molar-refractivity contribution in [3.8, 4) is 23.0 Å². The van der Waals surface area contributed by atoms with Crippen molar-refractivity contribution in [1.82, 2.24) is 0 Å². The van der Waals surface area contributed by atoms with Gasteiger partial charge in [0.2, 0.25) is 0 Å². The monoisotopic (exact) mass is 368 g/mol. The number of carbonyl (C=O) groups excluding carboxylic acids is 1. The van der Waals surface area contributed by atoms with Gasteiger partial charge in [0.15, 0.2) is 23.0 Å². The maximum Gasteiger partial charge on any atom is 0.338 e. The summed E-state index contributed by atoms with van der Waals surface area (Å²) in [5.41, 5.74) is 2.69. The van der Waals surface area contributed by atoms with Gasteiger partial charge in [-0.25, -0.2) is 4.79 Å². The van der Waals surface area contributed by atoms with E-state index < -0.39 is 5.97 Å². The maximum absolute atomic E-state index is 11.8. The van der Waals surface area contributed by atoms with Gasteiger partial charge in [0.1, 0.15) is 13.2 Å². The van der Waals surface area contributed by atoms with Gasteiger partial charge in [-0.15, -0.1) is 0 Å². The Morgan fingerprint density at radius 2 is 1.81 bits per heavy atom. The van der Waals surface area contributed by atoms with Gasteiger partial charge in [-0.1, -0.05) is 31.4 Å². The minimum absolute atomic E-state index is 0.0574. The number of aromatic hydroxyl groups is 1. The van der Waals surface area contributed by atoms with Gasteiger partial charge >= 0.3 is 5.97 Å². The van der Waals surface area contributed by atoms with E-state index in [0.717, 1.165) is 11.1 Å². The Morgan fingerprint density at radius 1 is 1.07 bits per heavy atom. The number of phenols is 1. The van der Waals surface area contributed by atoms with E-state index in [4.69, 9.17) is 14.2 Å². The third-order valence-corrected chi connectivity index (χ3v) is 3.58. The normalized spacial score (nSPS) is 10.2. The summed E-state index contributed by atoms with van der Waals surface area (Å²) in [6.45, 7) is 13.2. The zero-order valence-electron chi connectivity index (χ0n) is 15.9. The van der Waals surface area contributed by atoms with E-state index in [-0.39, 0.29) is 23.7 Å². The number of carbonyl (C=O) groups is 1. The Labute approximate surface area is 159 Å². The van der Waals surface area contributed by atoms with Crippen molar-refractivity contribution in [3.63, 3.8) is 0 Å². The Bertz CT molecular complexity index is 867. The average molecular weight is 368 g/mol. The fourth-order valence-electron chi connectivity index (χ4n) is 2.19. The lowest BCUT2D eigenvalue weighted by atomic mass is 10.2. The first-order chi connectivity index (χ1) is 12.8. The van der Waals surface area contributed by atoms with E-state index in [1.165, 1.54) is 13.0 Å². The Morgan fingerprint density at radius 3 is 2.48 bits per heavy atom. The first-order valence-electron chi connectivity index (χ1n) is 8.47. The minimum Gasteiger partial charge on any atom is -0.504 e. The van der Waals surface area contributed by atoms with E-state index in [1.807, 2.05) is 32.0 Å². The van der Waals surface area contributed by atoms with Crippen molar-refractivity contribution < 1.29 is 24.1 Å². The number of ether oxygens (including phenoxy) is 3. The number of phenolic OH excluding ortho intramolecular Hbond substituents is 1. The molecule has 2 aromatic carbocycles. The zero-order valence-corrected chi connectivity index (χ0v) is 15.9. The summed E-state index contributed by atoms with van der Waals surface area (Å²) in [6.07, 6.45) is 0. The highest BCUT2D eigenvalue weighted by Gasteiger charge is 2.16. The molecule has 2 aromatic rings. The Hall–Kier alpha value is -3.21. The van der Waals surface area contributed by atoms with E-state index in [2.05, 4.69) is 13.2 Å². The van der Waals surface area contributed by atoms with Crippen LogP contribution in [0, 0.1) is 6.92 Å². The molecule has 0 amide bonds. The quantitative estimate of drug-likeness (QED) is 0.316. The van der Waals surface area contributed by atoms with Crippen molar-refractivity contribution in [1.29, 1.82) is 0 Å². The molecule has 0 aliphatic rings. The van der Waals surface area contributed by atoms with Gasteiger partial charge in [0.25, 0.3) is 0 Å². The molecule has 0 aromatic heterocycles. The van der Waals surface area contributed by atoms with Gasteiger partial charge in [-0.05, 0) is 50.1 Å². The van der Waals surface area contributed by atoms with Gasteiger partial charge in [0.05, 0.1) is 0 Å². The molecule has 142 valence electrons. The first-order valence-corrected chi connectivity index (χ1v) is 8.47. The van der Waals surface area contributed by atoms with Gasteiger partial charge in [-0.2, -0.15) is 0 Å². The summed E-state index contributed by atoms with van der Waals surface area (Å²) in [5, 5.41) is 10.1. The molecule has 2 rings (SSSR count). The second-order valence-electron chi connectivity index (χ2n) is 6.42. The first kappa shape index (κ1) is 20.1.